The Morgan fingerprint density at radius 3 is 3.27 bits per heavy atom. The largest absolute Gasteiger partial charge is 0.359 e. The smallest absolute Gasteiger partial charge is 0.192 e. The second kappa shape index (κ2) is 2.70. The quantitative estimate of drug-likeness (QED) is 0.430. The molecule has 62 valence electrons. The summed E-state index contributed by atoms with van der Waals surface area (Å²) in [6.07, 6.45) is 2.82. The van der Waals surface area contributed by atoms with Gasteiger partial charge in [0, 0.05) is 7.05 Å². The molecule has 0 spiro atoms. The van der Waals surface area contributed by atoms with Gasteiger partial charge in [-0.15, -0.1) is 0 Å². The first-order valence-corrected chi connectivity index (χ1v) is 4.15. The van der Waals surface area contributed by atoms with E-state index in [1.54, 1.807) is 0 Å². The van der Waals surface area contributed by atoms with E-state index in [0.29, 0.717) is 12.2 Å². The van der Waals surface area contributed by atoms with Gasteiger partial charge in [0.2, 0.25) is 0 Å². The van der Waals surface area contributed by atoms with E-state index >= 15 is 0 Å². The van der Waals surface area contributed by atoms with Gasteiger partial charge in [-0.1, -0.05) is 0 Å². The Labute approximate surface area is 66.5 Å². The van der Waals surface area contributed by atoms with Crippen molar-refractivity contribution in [1.82, 2.24) is 16.0 Å². The van der Waals surface area contributed by atoms with Crippen LogP contribution in [0.1, 0.15) is 12.8 Å². The van der Waals surface area contributed by atoms with Crippen molar-refractivity contribution in [1.29, 1.82) is 0 Å². The minimum absolute atomic E-state index is 0.381. The molecule has 0 bridgehead atoms. The Balaban J connectivity index is 2.02. The van der Waals surface area contributed by atoms with E-state index in [1.165, 1.54) is 12.8 Å². The van der Waals surface area contributed by atoms with Gasteiger partial charge in [-0.3, -0.25) is 5.32 Å². The first-order valence-electron chi connectivity index (χ1n) is 4.15. The van der Waals surface area contributed by atoms with Gasteiger partial charge in [0.25, 0.3) is 0 Å². The van der Waals surface area contributed by atoms with Crippen molar-refractivity contribution in [3.05, 3.63) is 0 Å². The molecule has 2 atom stereocenters. The molecule has 0 radical (unpaired) electrons. The van der Waals surface area contributed by atoms with Crippen molar-refractivity contribution in [2.45, 2.75) is 25.0 Å². The van der Waals surface area contributed by atoms with Gasteiger partial charge in [-0.2, -0.15) is 0 Å². The molecular formula is C7H14N4. The van der Waals surface area contributed by atoms with Crippen molar-refractivity contribution < 1.29 is 0 Å². The molecule has 0 aromatic rings. The highest BCUT2D eigenvalue weighted by Gasteiger charge is 2.29. The molecule has 0 aliphatic carbocycles. The van der Waals surface area contributed by atoms with Crippen LogP contribution in [0.25, 0.3) is 0 Å². The predicted octanol–water partition coefficient (Wildman–Crippen LogP) is -0.757. The fraction of sp³-hybridized carbons (Fsp3) is 0.857. The number of fused-ring (bicyclic) bond motifs is 1. The zero-order valence-corrected chi connectivity index (χ0v) is 6.72. The molecule has 4 nitrogen and oxygen atoms in total. The maximum absolute atomic E-state index is 4.46. The first-order chi connectivity index (χ1) is 5.40. The summed E-state index contributed by atoms with van der Waals surface area (Å²) in [6.45, 7) is 1.11. The van der Waals surface area contributed by atoms with Crippen LogP contribution in [0.2, 0.25) is 0 Å². The monoisotopic (exact) mass is 154 g/mol. The predicted molar refractivity (Wildman–Crippen MR) is 44.4 cm³/mol. The Morgan fingerprint density at radius 1 is 1.64 bits per heavy atom. The third-order valence-corrected chi connectivity index (χ3v) is 2.25. The zero-order chi connectivity index (χ0) is 7.68. The number of piperidine rings is 1. The summed E-state index contributed by atoms with van der Waals surface area (Å²) in [6, 6.07) is 0.450. The van der Waals surface area contributed by atoms with Crippen LogP contribution in [-0.2, 0) is 0 Å². The van der Waals surface area contributed by atoms with E-state index < -0.39 is 0 Å². The van der Waals surface area contributed by atoms with Crippen LogP contribution in [0.3, 0.4) is 0 Å². The molecule has 4 heteroatoms. The van der Waals surface area contributed by atoms with Gasteiger partial charge in [0.05, 0.1) is 6.04 Å². The Hall–Kier alpha value is -0.770. The minimum atomic E-state index is 0.381. The summed E-state index contributed by atoms with van der Waals surface area (Å²) in [5, 5.41) is 9.67. The topological polar surface area (TPSA) is 48.5 Å². The Morgan fingerprint density at radius 2 is 2.55 bits per heavy atom. The molecule has 2 aliphatic heterocycles. The first kappa shape index (κ1) is 6.91. The Kier molecular flexibility index (Phi) is 1.69. The number of aliphatic imine (C=N–C) groups is 1. The number of nitrogens with one attached hydrogen (secondary N) is 3. The van der Waals surface area contributed by atoms with Crippen LogP contribution < -0.4 is 16.0 Å². The molecule has 11 heavy (non-hydrogen) atoms. The lowest BCUT2D eigenvalue weighted by Gasteiger charge is -2.24. The average molecular weight is 154 g/mol. The number of rotatable bonds is 0. The van der Waals surface area contributed by atoms with Crippen molar-refractivity contribution in [3.8, 4) is 0 Å². The highest BCUT2D eigenvalue weighted by atomic mass is 15.3. The fourth-order valence-electron chi connectivity index (χ4n) is 1.64. The van der Waals surface area contributed by atoms with Gasteiger partial charge in [0.15, 0.2) is 5.96 Å². The molecule has 0 saturated carbocycles. The number of hydrogen-bond acceptors (Lipinski definition) is 4. The van der Waals surface area contributed by atoms with E-state index in [2.05, 4.69) is 20.9 Å². The van der Waals surface area contributed by atoms with Crippen LogP contribution >= 0.6 is 0 Å². The molecule has 1 fully saturated rings. The summed E-state index contributed by atoms with van der Waals surface area (Å²) < 4.78 is 0. The summed E-state index contributed by atoms with van der Waals surface area (Å²) in [4.78, 5) is 4.46. The second-order valence-corrected chi connectivity index (χ2v) is 3.01. The summed E-state index contributed by atoms with van der Waals surface area (Å²) in [7, 11) is 1.89. The van der Waals surface area contributed by atoms with Gasteiger partial charge in [-0.25, -0.2) is 4.99 Å². The standard InChI is InChI=1S/C7H14N4/c1-8-7-10-5-3-2-4-9-6(5)11-7/h5-6,9H,2-4H2,1H3,(H2,8,10,11). The van der Waals surface area contributed by atoms with Gasteiger partial charge >= 0.3 is 0 Å². The Bertz CT molecular complexity index is 177. The van der Waals surface area contributed by atoms with E-state index in [1.807, 2.05) is 7.05 Å². The van der Waals surface area contributed by atoms with Crippen LogP contribution in [0.5, 0.6) is 0 Å². The summed E-state index contributed by atoms with van der Waals surface area (Å²) >= 11 is 0. The van der Waals surface area contributed by atoms with Crippen molar-refractivity contribution in [2.75, 3.05) is 13.6 Å². The lowest BCUT2D eigenvalue weighted by atomic mass is 10.1. The molecule has 0 aromatic heterocycles. The normalized spacial score (nSPS) is 35.5. The number of guanidine groups is 1. The number of nitrogens with zero attached hydrogens (tertiary/aromatic N) is 1. The molecule has 2 aliphatic rings. The van der Waals surface area contributed by atoms with Crippen LogP contribution in [0.4, 0.5) is 0 Å². The SMILES string of the molecule is CNC1=NC2CCCNC2N1. The molecule has 2 rings (SSSR count). The molecule has 3 N–H and O–H groups in total. The van der Waals surface area contributed by atoms with Gasteiger partial charge in [0.1, 0.15) is 6.17 Å². The maximum Gasteiger partial charge on any atom is 0.192 e. The summed E-state index contributed by atoms with van der Waals surface area (Å²) in [5.41, 5.74) is 0. The van der Waals surface area contributed by atoms with E-state index in [4.69, 9.17) is 0 Å². The molecule has 1 saturated heterocycles. The minimum Gasteiger partial charge on any atom is -0.359 e. The highest BCUT2D eigenvalue weighted by Crippen LogP contribution is 2.14. The van der Waals surface area contributed by atoms with E-state index in [-0.39, 0.29) is 0 Å². The molecule has 0 aromatic carbocycles. The lowest BCUT2D eigenvalue weighted by Crippen LogP contribution is -2.51. The molecule has 0 amide bonds. The van der Waals surface area contributed by atoms with E-state index in [9.17, 15) is 0 Å². The van der Waals surface area contributed by atoms with Gasteiger partial charge in [-0.05, 0) is 19.4 Å². The average Bonchev–Trinajstić information content (AvgIpc) is 2.46. The molecule has 2 heterocycles. The van der Waals surface area contributed by atoms with Crippen molar-refractivity contribution >= 4 is 5.96 Å². The zero-order valence-electron chi connectivity index (χ0n) is 6.72. The van der Waals surface area contributed by atoms with Crippen molar-refractivity contribution in [2.24, 2.45) is 4.99 Å². The van der Waals surface area contributed by atoms with Crippen LogP contribution in [0.15, 0.2) is 4.99 Å². The van der Waals surface area contributed by atoms with E-state index in [0.717, 1.165) is 12.5 Å². The van der Waals surface area contributed by atoms with Crippen LogP contribution in [0, 0.1) is 0 Å². The number of hydrogen-bond donors (Lipinski definition) is 3. The highest BCUT2D eigenvalue weighted by molar-refractivity contribution is 5.81. The maximum atomic E-state index is 4.46. The molecular weight excluding hydrogens is 140 g/mol. The second-order valence-electron chi connectivity index (χ2n) is 3.01. The third kappa shape index (κ3) is 1.18. The van der Waals surface area contributed by atoms with Crippen molar-refractivity contribution in [3.63, 3.8) is 0 Å². The summed E-state index contributed by atoms with van der Waals surface area (Å²) in [5.74, 6) is 0.925. The lowest BCUT2D eigenvalue weighted by molar-refractivity contribution is 0.356. The van der Waals surface area contributed by atoms with Gasteiger partial charge < -0.3 is 10.6 Å². The van der Waals surface area contributed by atoms with Crippen LogP contribution in [-0.4, -0.2) is 31.8 Å². The third-order valence-electron chi connectivity index (χ3n) is 2.25. The fourth-order valence-corrected chi connectivity index (χ4v) is 1.64. The molecule has 2 unspecified atom stereocenters.